The van der Waals surface area contributed by atoms with Crippen LogP contribution in [0.1, 0.15) is 63.5 Å². The van der Waals surface area contributed by atoms with Crippen molar-refractivity contribution in [2.24, 2.45) is 0 Å². The topological polar surface area (TPSA) is 96.0 Å². The Morgan fingerprint density at radius 1 is 0.933 bits per heavy atom. The Morgan fingerprint density at radius 2 is 1.56 bits per heavy atom. The summed E-state index contributed by atoms with van der Waals surface area (Å²) in [5.74, 6) is -0.281. The number of hydrogen-bond acceptors (Lipinski definition) is 5. The molecule has 2 amide bonds. The highest BCUT2D eigenvalue weighted by Gasteiger charge is 2.35. The molecule has 0 aliphatic heterocycles. The summed E-state index contributed by atoms with van der Waals surface area (Å²) in [4.78, 5) is 29.6. The van der Waals surface area contributed by atoms with Crippen LogP contribution < -0.4 is 14.4 Å². The molecule has 4 rings (SSSR count). The van der Waals surface area contributed by atoms with E-state index in [1.165, 1.54) is 17.0 Å². The van der Waals surface area contributed by atoms with E-state index in [9.17, 15) is 18.0 Å². The maximum Gasteiger partial charge on any atom is 0.264 e. The molecule has 1 aliphatic rings. The van der Waals surface area contributed by atoms with E-state index in [0.717, 1.165) is 42.0 Å². The van der Waals surface area contributed by atoms with Crippen molar-refractivity contribution in [1.29, 1.82) is 0 Å². The fourth-order valence-electron chi connectivity index (χ4n) is 5.56. The molecule has 0 heterocycles. The van der Waals surface area contributed by atoms with E-state index in [-0.39, 0.29) is 29.1 Å². The van der Waals surface area contributed by atoms with Gasteiger partial charge in [-0.2, -0.15) is 0 Å². The summed E-state index contributed by atoms with van der Waals surface area (Å²) in [7, 11) is -4.20. The second kappa shape index (κ2) is 15.8. The standard InChI is InChI=1S/C34H41Cl2N3O5S/c1-4-32(34(41)37-25-10-7-6-8-11-25)38(22-29-30(35)12-9-13-31(29)36)33(40)23-39(26-16-18-27(19-17-26)44-5-2)45(42,43)28-20-14-24(3)15-21-28/h9,12-21,25,32H,4-8,10-11,22-23H2,1-3H3,(H,37,41)/t32-/m0/s1. The van der Waals surface area contributed by atoms with Gasteiger partial charge in [0.05, 0.1) is 17.2 Å². The Bertz CT molecular complexity index is 1540. The van der Waals surface area contributed by atoms with Crippen LogP contribution >= 0.6 is 23.2 Å². The normalized spacial score (nSPS) is 14.4. The second-order valence-corrected chi connectivity index (χ2v) is 13.9. The van der Waals surface area contributed by atoms with Crippen LogP contribution in [0.4, 0.5) is 5.69 Å². The van der Waals surface area contributed by atoms with Crippen molar-refractivity contribution in [2.45, 2.75) is 82.8 Å². The molecule has 1 atom stereocenters. The van der Waals surface area contributed by atoms with Gasteiger partial charge in [0.15, 0.2) is 0 Å². The summed E-state index contributed by atoms with van der Waals surface area (Å²) in [6, 6.07) is 17.2. The van der Waals surface area contributed by atoms with Gasteiger partial charge in [-0.3, -0.25) is 13.9 Å². The monoisotopic (exact) mass is 673 g/mol. The highest BCUT2D eigenvalue weighted by Crippen LogP contribution is 2.30. The number of ether oxygens (including phenoxy) is 1. The van der Waals surface area contributed by atoms with Crippen LogP contribution in [0.15, 0.2) is 71.6 Å². The smallest absolute Gasteiger partial charge is 0.264 e. The number of carbonyl (C=O) groups excluding carboxylic acids is 2. The zero-order valence-electron chi connectivity index (χ0n) is 26.0. The Hall–Kier alpha value is -3.27. The first-order chi connectivity index (χ1) is 21.5. The Kier molecular flexibility index (Phi) is 12.2. The molecule has 1 saturated carbocycles. The number of carbonyl (C=O) groups is 2. The van der Waals surface area contributed by atoms with Gasteiger partial charge in [0.25, 0.3) is 10.0 Å². The number of sulfonamides is 1. The minimum absolute atomic E-state index is 0.0309. The van der Waals surface area contributed by atoms with Crippen LogP contribution in [0.3, 0.4) is 0 Å². The minimum Gasteiger partial charge on any atom is -0.494 e. The Labute approximate surface area is 276 Å². The predicted molar refractivity (Wildman–Crippen MR) is 179 cm³/mol. The highest BCUT2D eigenvalue weighted by atomic mass is 35.5. The number of nitrogens with zero attached hydrogens (tertiary/aromatic N) is 2. The molecule has 1 N–H and O–H groups in total. The van der Waals surface area contributed by atoms with Crippen molar-refractivity contribution in [3.05, 3.63) is 87.9 Å². The van der Waals surface area contributed by atoms with Gasteiger partial charge in [-0.1, -0.05) is 73.2 Å². The SMILES string of the molecule is CCOc1ccc(N(CC(=O)N(Cc2c(Cl)cccc2Cl)[C@@H](CC)C(=O)NC2CCCCC2)S(=O)(=O)c2ccc(C)cc2)cc1. The molecular weight excluding hydrogens is 633 g/mol. The number of nitrogens with one attached hydrogen (secondary N) is 1. The Balaban J connectivity index is 1.74. The lowest BCUT2D eigenvalue weighted by Gasteiger charge is -2.34. The maximum absolute atomic E-state index is 14.4. The lowest BCUT2D eigenvalue weighted by molar-refractivity contribution is -0.140. The predicted octanol–water partition coefficient (Wildman–Crippen LogP) is 7.15. The summed E-state index contributed by atoms with van der Waals surface area (Å²) in [6.07, 6.45) is 5.27. The molecule has 0 aromatic heterocycles. The second-order valence-electron chi connectivity index (χ2n) is 11.2. The lowest BCUT2D eigenvalue weighted by Crippen LogP contribution is -2.54. The van der Waals surface area contributed by atoms with Crippen LogP contribution in [-0.4, -0.2) is 50.4 Å². The summed E-state index contributed by atoms with van der Waals surface area (Å²) in [5.41, 5.74) is 1.66. The van der Waals surface area contributed by atoms with Gasteiger partial charge >= 0.3 is 0 Å². The quantitative estimate of drug-likeness (QED) is 0.208. The molecule has 3 aromatic carbocycles. The molecule has 0 bridgehead atoms. The highest BCUT2D eigenvalue weighted by molar-refractivity contribution is 7.92. The molecule has 0 radical (unpaired) electrons. The third-order valence-corrected chi connectivity index (χ3v) is 10.5. The van der Waals surface area contributed by atoms with Crippen molar-refractivity contribution in [3.63, 3.8) is 0 Å². The molecule has 1 aliphatic carbocycles. The average molecular weight is 675 g/mol. The first-order valence-corrected chi connectivity index (χ1v) is 17.6. The van der Waals surface area contributed by atoms with Gasteiger partial charge in [0.2, 0.25) is 11.8 Å². The van der Waals surface area contributed by atoms with Gasteiger partial charge in [0.1, 0.15) is 18.3 Å². The van der Waals surface area contributed by atoms with Crippen LogP contribution in [0, 0.1) is 6.92 Å². The van der Waals surface area contributed by atoms with Crippen LogP contribution in [0.25, 0.3) is 0 Å². The number of benzene rings is 3. The van der Waals surface area contributed by atoms with Crippen molar-refractivity contribution in [2.75, 3.05) is 17.5 Å². The number of rotatable bonds is 13. The summed E-state index contributed by atoms with van der Waals surface area (Å²) in [6.45, 7) is 5.37. The fraction of sp³-hybridized carbons (Fsp3) is 0.412. The summed E-state index contributed by atoms with van der Waals surface area (Å²) in [5, 5.41) is 3.83. The van der Waals surface area contributed by atoms with Gasteiger partial charge in [0, 0.05) is 28.2 Å². The molecule has 45 heavy (non-hydrogen) atoms. The van der Waals surface area contributed by atoms with Crippen LogP contribution in [0.2, 0.25) is 10.0 Å². The minimum atomic E-state index is -4.20. The molecule has 0 spiro atoms. The maximum atomic E-state index is 14.4. The van der Waals surface area contributed by atoms with Gasteiger partial charge in [-0.25, -0.2) is 8.42 Å². The first kappa shape index (κ1) is 34.6. The van der Waals surface area contributed by atoms with E-state index in [1.807, 2.05) is 20.8 Å². The number of hydrogen-bond donors (Lipinski definition) is 1. The molecule has 3 aromatic rings. The zero-order valence-corrected chi connectivity index (χ0v) is 28.3. The van der Waals surface area contributed by atoms with Gasteiger partial charge < -0.3 is 15.0 Å². The van der Waals surface area contributed by atoms with E-state index in [1.54, 1.807) is 54.6 Å². The van der Waals surface area contributed by atoms with E-state index in [4.69, 9.17) is 27.9 Å². The molecule has 1 fully saturated rings. The summed E-state index contributed by atoms with van der Waals surface area (Å²) < 4.78 is 34.9. The number of amides is 2. The molecule has 0 unspecified atom stereocenters. The van der Waals surface area contributed by atoms with Crippen molar-refractivity contribution in [3.8, 4) is 5.75 Å². The fourth-order valence-corrected chi connectivity index (χ4v) is 7.49. The van der Waals surface area contributed by atoms with E-state index < -0.39 is 28.5 Å². The van der Waals surface area contributed by atoms with Crippen LogP contribution in [-0.2, 0) is 26.2 Å². The lowest BCUT2D eigenvalue weighted by atomic mass is 9.95. The Morgan fingerprint density at radius 3 is 2.13 bits per heavy atom. The van der Waals surface area contributed by atoms with Crippen LogP contribution in [0.5, 0.6) is 5.75 Å². The van der Waals surface area contributed by atoms with Gasteiger partial charge in [-0.05, 0) is 81.6 Å². The summed E-state index contributed by atoms with van der Waals surface area (Å²) >= 11 is 13.1. The van der Waals surface area contributed by atoms with Crippen molar-refractivity contribution in [1.82, 2.24) is 10.2 Å². The molecule has 0 saturated heterocycles. The third-order valence-electron chi connectivity index (χ3n) is 8.05. The van der Waals surface area contributed by atoms with E-state index in [2.05, 4.69) is 5.32 Å². The van der Waals surface area contributed by atoms with E-state index >= 15 is 0 Å². The van der Waals surface area contributed by atoms with Crippen molar-refractivity contribution < 1.29 is 22.7 Å². The van der Waals surface area contributed by atoms with Crippen molar-refractivity contribution >= 4 is 50.7 Å². The molecule has 242 valence electrons. The zero-order chi connectivity index (χ0) is 32.6. The number of aryl methyl sites for hydroxylation is 1. The number of halogens is 2. The number of anilines is 1. The van der Waals surface area contributed by atoms with Gasteiger partial charge in [-0.15, -0.1) is 0 Å². The van der Waals surface area contributed by atoms with E-state index in [0.29, 0.717) is 34.4 Å². The largest absolute Gasteiger partial charge is 0.494 e. The first-order valence-electron chi connectivity index (χ1n) is 15.4. The molecular formula is C34H41Cl2N3O5S. The molecule has 8 nitrogen and oxygen atoms in total. The third kappa shape index (κ3) is 8.71. The average Bonchev–Trinajstić information content (AvgIpc) is 3.02. The molecule has 11 heteroatoms.